The van der Waals surface area contributed by atoms with Gasteiger partial charge in [-0.15, -0.1) is 0 Å². The number of benzene rings is 1. The number of hydrogen-bond donors (Lipinski definition) is 2. The van der Waals surface area contributed by atoms with Gasteiger partial charge >= 0.3 is 6.09 Å². The molecular weight excluding hydrogens is 442 g/mol. The molecule has 9 heteroatoms. The van der Waals surface area contributed by atoms with E-state index >= 15 is 0 Å². The van der Waals surface area contributed by atoms with Crippen molar-refractivity contribution in [3.05, 3.63) is 58.7 Å². The topological polar surface area (TPSA) is 110 Å². The SMILES string of the molecule is CN(C(=O)O)[C@]1(C(=O)C2CCN(c3cc(C#N)ccn3)CC2)CNC[C@H]1c1ccc(Cl)cc1. The second-order valence-electron chi connectivity index (χ2n) is 8.64. The molecule has 2 N–H and O–H groups in total. The highest BCUT2D eigenvalue weighted by atomic mass is 35.5. The van der Waals surface area contributed by atoms with E-state index in [2.05, 4.69) is 21.3 Å². The molecule has 4 rings (SSSR count). The molecule has 1 amide bonds. The molecule has 0 radical (unpaired) electrons. The number of anilines is 1. The van der Waals surface area contributed by atoms with Gasteiger partial charge in [0.2, 0.25) is 0 Å². The first-order valence-electron chi connectivity index (χ1n) is 10.9. The van der Waals surface area contributed by atoms with Crippen molar-refractivity contribution in [2.45, 2.75) is 24.3 Å². The predicted molar refractivity (Wildman–Crippen MR) is 124 cm³/mol. The fraction of sp³-hybridized carbons (Fsp3) is 0.417. The van der Waals surface area contributed by atoms with E-state index in [4.69, 9.17) is 16.9 Å². The lowest BCUT2D eigenvalue weighted by Crippen LogP contribution is -2.61. The normalized spacial score (nSPS) is 23.2. The number of carbonyl (C=O) groups excluding carboxylic acids is 1. The van der Waals surface area contributed by atoms with E-state index in [9.17, 15) is 14.7 Å². The number of nitriles is 1. The number of hydrogen-bond acceptors (Lipinski definition) is 6. The average Bonchev–Trinajstić information content (AvgIpc) is 3.29. The van der Waals surface area contributed by atoms with Crippen LogP contribution in [0.4, 0.5) is 10.6 Å². The Morgan fingerprint density at radius 1 is 1.27 bits per heavy atom. The molecular formula is C24H26ClN5O3. The fourth-order valence-corrected chi connectivity index (χ4v) is 5.25. The Morgan fingerprint density at radius 2 is 1.97 bits per heavy atom. The minimum Gasteiger partial charge on any atom is -0.465 e. The van der Waals surface area contributed by atoms with Gasteiger partial charge in [0.15, 0.2) is 5.78 Å². The third-order valence-electron chi connectivity index (χ3n) is 6.97. The summed E-state index contributed by atoms with van der Waals surface area (Å²) in [7, 11) is 1.49. The number of carboxylic acid groups (broad SMARTS) is 1. The number of Topliss-reactive ketones (excluding diaryl/α,β-unsaturated/α-hetero) is 1. The van der Waals surface area contributed by atoms with Crippen LogP contribution in [-0.2, 0) is 4.79 Å². The number of rotatable bonds is 5. The van der Waals surface area contributed by atoms with E-state index in [1.165, 1.54) is 11.9 Å². The number of carbonyl (C=O) groups is 2. The molecule has 0 spiro atoms. The van der Waals surface area contributed by atoms with Crippen LogP contribution in [0.2, 0.25) is 5.02 Å². The van der Waals surface area contributed by atoms with Crippen molar-refractivity contribution in [1.29, 1.82) is 5.26 Å². The molecule has 0 unspecified atom stereocenters. The van der Waals surface area contributed by atoms with E-state index in [0.29, 0.717) is 43.1 Å². The number of pyridine rings is 1. The van der Waals surface area contributed by atoms with E-state index in [1.807, 2.05) is 12.1 Å². The van der Waals surface area contributed by atoms with Gasteiger partial charge in [0.05, 0.1) is 11.6 Å². The summed E-state index contributed by atoms with van der Waals surface area (Å²) in [6.07, 6.45) is 1.68. The third kappa shape index (κ3) is 4.26. The molecule has 1 aromatic heterocycles. The van der Waals surface area contributed by atoms with E-state index < -0.39 is 11.6 Å². The molecule has 8 nitrogen and oxygen atoms in total. The first-order valence-corrected chi connectivity index (χ1v) is 11.3. The Hall–Kier alpha value is -3.15. The lowest BCUT2D eigenvalue weighted by atomic mass is 9.72. The molecule has 1 aromatic carbocycles. The molecule has 3 heterocycles. The molecule has 0 aliphatic carbocycles. The summed E-state index contributed by atoms with van der Waals surface area (Å²) in [5, 5.41) is 22.9. The first kappa shape index (κ1) is 23.0. The highest BCUT2D eigenvalue weighted by Gasteiger charge is 2.56. The number of amides is 1. The Labute approximate surface area is 197 Å². The molecule has 2 aliphatic rings. The quantitative estimate of drug-likeness (QED) is 0.695. The minimum absolute atomic E-state index is 0.0456. The van der Waals surface area contributed by atoms with Crippen molar-refractivity contribution in [2.75, 3.05) is 38.1 Å². The van der Waals surface area contributed by atoms with Crippen LogP contribution in [0.1, 0.15) is 29.9 Å². The van der Waals surface area contributed by atoms with E-state index in [1.54, 1.807) is 30.5 Å². The molecule has 172 valence electrons. The lowest BCUT2D eigenvalue weighted by molar-refractivity contribution is -0.134. The van der Waals surface area contributed by atoms with Crippen molar-refractivity contribution in [2.24, 2.45) is 5.92 Å². The molecule has 33 heavy (non-hydrogen) atoms. The van der Waals surface area contributed by atoms with E-state index in [-0.39, 0.29) is 24.2 Å². The number of likely N-dealkylation sites (N-methyl/N-ethyl adjacent to an activating group) is 1. The zero-order chi connectivity index (χ0) is 23.6. The second kappa shape index (κ2) is 9.38. The van der Waals surface area contributed by atoms with Crippen molar-refractivity contribution in [3.63, 3.8) is 0 Å². The van der Waals surface area contributed by atoms with Crippen LogP contribution in [0.5, 0.6) is 0 Å². The predicted octanol–water partition coefficient (Wildman–Crippen LogP) is 3.13. The van der Waals surface area contributed by atoms with Crippen molar-refractivity contribution < 1.29 is 14.7 Å². The van der Waals surface area contributed by atoms with Crippen LogP contribution in [-0.4, -0.2) is 65.6 Å². The Bertz CT molecular complexity index is 1080. The van der Waals surface area contributed by atoms with E-state index in [0.717, 1.165) is 11.4 Å². The second-order valence-corrected chi connectivity index (χ2v) is 9.08. The van der Waals surface area contributed by atoms with Gasteiger partial charge in [-0.25, -0.2) is 9.78 Å². The Balaban J connectivity index is 1.58. The van der Waals surface area contributed by atoms with Crippen LogP contribution in [0.15, 0.2) is 42.6 Å². The van der Waals surface area contributed by atoms with Crippen LogP contribution < -0.4 is 10.2 Å². The molecule has 2 aliphatic heterocycles. The summed E-state index contributed by atoms with van der Waals surface area (Å²) in [6, 6.07) is 12.8. The van der Waals surface area contributed by atoms with Crippen molar-refractivity contribution in [1.82, 2.24) is 15.2 Å². The Morgan fingerprint density at radius 3 is 2.61 bits per heavy atom. The maximum Gasteiger partial charge on any atom is 0.407 e. The summed E-state index contributed by atoms with van der Waals surface area (Å²) in [5.74, 6) is 0.0990. The van der Waals surface area contributed by atoms with Gasteiger partial charge in [-0.1, -0.05) is 23.7 Å². The maximum absolute atomic E-state index is 14.0. The summed E-state index contributed by atoms with van der Waals surface area (Å²) in [4.78, 5) is 33.7. The number of halogens is 1. The van der Waals surface area contributed by atoms with Crippen LogP contribution in [0.25, 0.3) is 0 Å². The van der Waals surface area contributed by atoms with Gasteiger partial charge in [-0.3, -0.25) is 9.69 Å². The first-order chi connectivity index (χ1) is 15.9. The summed E-state index contributed by atoms with van der Waals surface area (Å²) < 4.78 is 0. The van der Waals surface area contributed by atoms with Crippen LogP contribution >= 0.6 is 11.6 Å². The van der Waals surface area contributed by atoms with Gasteiger partial charge in [0.25, 0.3) is 0 Å². The third-order valence-corrected chi connectivity index (χ3v) is 7.22. The summed E-state index contributed by atoms with van der Waals surface area (Å²) in [5.41, 5.74) is 0.245. The van der Waals surface area contributed by atoms with Gasteiger partial charge in [-0.05, 0) is 42.7 Å². The highest BCUT2D eigenvalue weighted by Crippen LogP contribution is 2.41. The monoisotopic (exact) mass is 467 g/mol. The summed E-state index contributed by atoms with van der Waals surface area (Å²) in [6.45, 7) is 2.01. The van der Waals surface area contributed by atoms with Gasteiger partial charge in [-0.2, -0.15) is 5.26 Å². The molecule has 0 saturated carbocycles. The standard InChI is InChI=1S/C24H26ClN5O3/c1-29(23(32)33)24(15-27-14-20(24)17-2-4-19(25)5-3-17)22(31)18-7-10-30(11-8-18)21-12-16(13-26)6-9-28-21/h2-6,9,12,18,20,27H,7-8,10-11,14-15H2,1H3,(H,32,33)/t20-,24+/m0/s1. The number of aromatic nitrogens is 1. The zero-order valence-corrected chi connectivity index (χ0v) is 19.1. The smallest absolute Gasteiger partial charge is 0.407 e. The van der Waals surface area contributed by atoms with Gasteiger partial charge in [0, 0.05) is 56.3 Å². The van der Waals surface area contributed by atoms with Crippen molar-refractivity contribution >= 4 is 29.3 Å². The molecule has 2 saturated heterocycles. The molecule has 2 aromatic rings. The summed E-state index contributed by atoms with van der Waals surface area (Å²) >= 11 is 6.06. The lowest BCUT2D eigenvalue weighted by Gasteiger charge is -2.43. The number of nitrogens with zero attached hydrogens (tertiary/aromatic N) is 4. The van der Waals surface area contributed by atoms with Crippen molar-refractivity contribution in [3.8, 4) is 6.07 Å². The van der Waals surface area contributed by atoms with Gasteiger partial charge < -0.3 is 15.3 Å². The Kier molecular flexibility index (Phi) is 6.54. The van der Waals surface area contributed by atoms with Gasteiger partial charge in [0.1, 0.15) is 11.4 Å². The molecule has 2 atom stereocenters. The fourth-order valence-electron chi connectivity index (χ4n) is 5.12. The number of nitrogens with one attached hydrogen (secondary N) is 1. The average molecular weight is 468 g/mol. The number of piperidine rings is 1. The maximum atomic E-state index is 14.0. The minimum atomic E-state index is -1.19. The van der Waals surface area contributed by atoms with Crippen LogP contribution in [0, 0.1) is 17.2 Å². The molecule has 0 bridgehead atoms. The highest BCUT2D eigenvalue weighted by molar-refractivity contribution is 6.30. The largest absolute Gasteiger partial charge is 0.465 e. The number of ketones is 1. The van der Waals surface area contributed by atoms with Crippen LogP contribution in [0.3, 0.4) is 0 Å². The molecule has 2 fully saturated rings. The zero-order valence-electron chi connectivity index (χ0n) is 18.4.